The molecule has 1 aromatic heterocycles. The lowest BCUT2D eigenvalue weighted by Crippen LogP contribution is -2.01. The highest BCUT2D eigenvalue weighted by Crippen LogP contribution is 2.25. The van der Waals surface area contributed by atoms with Crippen molar-refractivity contribution in [2.75, 3.05) is 5.33 Å². The number of aryl methyl sites for hydroxylation is 1. The van der Waals surface area contributed by atoms with E-state index in [9.17, 15) is 0 Å². The third kappa shape index (κ3) is 3.84. The van der Waals surface area contributed by atoms with Gasteiger partial charge in [-0.15, -0.1) is 0 Å². The molecule has 0 aliphatic rings. The molecule has 0 nitrogen and oxygen atoms in total. The Morgan fingerprint density at radius 3 is 2.53 bits per heavy atom. The van der Waals surface area contributed by atoms with Gasteiger partial charge in [-0.25, -0.2) is 0 Å². The zero-order valence-corrected chi connectivity index (χ0v) is 12.6. The molecular formula is C14H14BrClS. The summed E-state index contributed by atoms with van der Waals surface area (Å²) in [4.78, 5) is 0. The average molecular weight is 330 g/mol. The highest BCUT2D eigenvalue weighted by molar-refractivity contribution is 9.09. The Kier molecular flexibility index (Phi) is 5.08. The summed E-state index contributed by atoms with van der Waals surface area (Å²) in [6, 6.07) is 10.4. The van der Waals surface area contributed by atoms with E-state index in [0.29, 0.717) is 5.92 Å². The Hall–Kier alpha value is -0.310. The monoisotopic (exact) mass is 328 g/mol. The molecule has 3 heteroatoms. The van der Waals surface area contributed by atoms with Gasteiger partial charge in [0.15, 0.2) is 0 Å². The number of benzene rings is 1. The minimum Gasteiger partial charge on any atom is -0.152 e. The quantitative estimate of drug-likeness (QED) is 0.634. The summed E-state index contributed by atoms with van der Waals surface area (Å²) in [6.07, 6.45) is 2.31. The Labute approximate surface area is 120 Å². The SMILES string of the molecule is Clc1ccc(C(CBr)CCc2ccsc2)cc1. The summed E-state index contributed by atoms with van der Waals surface area (Å²) < 4.78 is 0. The molecule has 0 fully saturated rings. The van der Waals surface area contributed by atoms with Gasteiger partial charge in [-0.2, -0.15) is 11.3 Å². The fourth-order valence-corrected chi connectivity index (χ4v) is 3.37. The molecule has 2 rings (SSSR count). The highest BCUT2D eigenvalue weighted by Gasteiger charge is 2.10. The first-order valence-electron chi connectivity index (χ1n) is 5.62. The molecule has 2 aromatic rings. The minimum atomic E-state index is 0.562. The van der Waals surface area contributed by atoms with Crippen molar-refractivity contribution >= 4 is 38.9 Å². The fourth-order valence-electron chi connectivity index (χ4n) is 1.84. The molecule has 0 N–H and O–H groups in total. The Balaban J connectivity index is 1.99. The number of hydrogen-bond acceptors (Lipinski definition) is 1. The Bertz CT molecular complexity index is 436. The van der Waals surface area contributed by atoms with Crippen LogP contribution < -0.4 is 0 Å². The predicted octanol–water partition coefficient (Wildman–Crippen LogP) is 5.51. The van der Waals surface area contributed by atoms with E-state index in [-0.39, 0.29) is 0 Å². The smallest absolute Gasteiger partial charge is 0.0406 e. The van der Waals surface area contributed by atoms with Crippen molar-refractivity contribution in [3.8, 4) is 0 Å². The number of halogens is 2. The highest BCUT2D eigenvalue weighted by atomic mass is 79.9. The van der Waals surface area contributed by atoms with Crippen molar-refractivity contribution in [1.82, 2.24) is 0 Å². The molecule has 0 bridgehead atoms. The summed E-state index contributed by atoms with van der Waals surface area (Å²) in [5.74, 6) is 0.562. The average Bonchev–Trinajstić information content (AvgIpc) is 2.85. The van der Waals surface area contributed by atoms with Gasteiger partial charge in [0.1, 0.15) is 0 Å². The van der Waals surface area contributed by atoms with Crippen LogP contribution in [-0.2, 0) is 6.42 Å². The largest absolute Gasteiger partial charge is 0.152 e. The van der Waals surface area contributed by atoms with Gasteiger partial charge in [0.2, 0.25) is 0 Å². The van der Waals surface area contributed by atoms with Crippen LogP contribution in [-0.4, -0.2) is 5.33 Å². The Morgan fingerprint density at radius 1 is 1.18 bits per heavy atom. The molecular weight excluding hydrogens is 316 g/mol. The Morgan fingerprint density at radius 2 is 1.94 bits per heavy atom. The normalized spacial score (nSPS) is 12.6. The van der Waals surface area contributed by atoms with E-state index in [1.54, 1.807) is 11.3 Å². The molecule has 0 saturated carbocycles. The third-order valence-electron chi connectivity index (χ3n) is 2.89. The van der Waals surface area contributed by atoms with E-state index in [1.807, 2.05) is 12.1 Å². The molecule has 17 heavy (non-hydrogen) atoms. The summed E-state index contributed by atoms with van der Waals surface area (Å²) in [5.41, 5.74) is 2.80. The van der Waals surface area contributed by atoms with Gasteiger partial charge in [-0.1, -0.05) is 39.7 Å². The molecule has 1 atom stereocenters. The number of alkyl halides is 1. The van der Waals surface area contributed by atoms with Gasteiger partial charge < -0.3 is 0 Å². The maximum Gasteiger partial charge on any atom is 0.0406 e. The van der Waals surface area contributed by atoms with Crippen LogP contribution in [0, 0.1) is 0 Å². The van der Waals surface area contributed by atoms with Crippen molar-refractivity contribution in [3.63, 3.8) is 0 Å². The van der Waals surface area contributed by atoms with Gasteiger partial charge in [-0.3, -0.25) is 0 Å². The van der Waals surface area contributed by atoms with Crippen molar-refractivity contribution in [3.05, 3.63) is 57.2 Å². The zero-order chi connectivity index (χ0) is 12.1. The van der Waals surface area contributed by atoms with E-state index in [2.05, 4.69) is 44.9 Å². The lowest BCUT2D eigenvalue weighted by atomic mass is 9.95. The molecule has 90 valence electrons. The summed E-state index contributed by atoms with van der Waals surface area (Å²) in [7, 11) is 0. The molecule has 1 aromatic carbocycles. The second-order valence-corrected chi connectivity index (χ2v) is 5.94. The van der Waals surface area contributed by atoms with E-state index < -0.39 is 0 Å². The lowest BCUT2D eigenvalue weighted by Gasteiger charge is -2.14. The van der Waals surface area contributed by atoms with Crippen molar-refractivity contribution < 1.29 is 0 Å². The van der Waals surface area contributed by atoms with Gasteiger partial charge in [-0.05, 0) is 58.8 Å². The molecule has 1 heterocycles. The van der Waals surface area contributed by atoms with Crippen LogP contribution in [0.25, 0.3) is 0 Å². The van der Waals surface area contributed by atoms with Crippen LogP contribution in [0.1, 0.15) is 23.5 Å². The fraction of sp³-hybridized carbons (Fsp3) is 0.286. The van der Waals surface area contributed by atoms with Crippen LogP contribution in [0.15, 0.2) is 41.1 Å². The number of rotatable bonds is 5. The summed E-state index contributed by atoms with van der Waals surface area (Å²) in [5, 5.41) is 6.17. The van der Waals surface area contributed by atoms with Crippen molar-refractivity contribution in [2.45, 2.75) is 18.8 Å². The zero-order valence-electron chi connectivity index (χ0n) is 9.40. The lowest BCUT2D eigenvalue weighted by molar-refractivity contribution is 0.693. The summed E-state index contributed by atoms with van der Waals surface area (Å²) >= 11 is 11.3. The van der Waals surface area contributed by atoms with Crippen LogP contribution >= 0.6 is 38.9 Å². The predicted molar refractivity (Wildman–Crippen MR) is 80.6 cm³/mol. The van der Waals surface area contributed by atoms with Crippen LogP contribution in [0.4, 0.5) is 0 Å². The first kappa shape index (κ1) is 13.1. The maximum absolute atomic E-state index is 5.91. The number of hydrogen-bond donors (Lipinski definition) is 0. The third-order valence-corrected chi connectivity index (χ3v) is 4.65. The van der Waals surface area contributed by atoms with Crippen molar-refractivity contribution in [2.24, 2.45) is 0 Å². The first-order chi connectivity index (χ1) is 8.29. The number of thiophene rings is 1. The van der Waals surface area contributed by atoms with E-state index >= 15 is 0 Å². The van der Waals surface area contributed by atoms with E-state index in [1.165, 1.54) is 17.5 Å². The van der Waals surface area contributed by atoms with Crippen LogP contribution in [0.2, 0.25) is 5.02 Å². The minimum absolute atomic E-state index is 0.562. The van der Waals surface area contributed by atoms with Gasteiger partial charge in [0, 0.05) is 10.4 Å². The van der Waals surface area contributed by atoms with Crippen molar-refractivity contribution in [1.29, 1.82) is 0 Å². The molecule has 0 amide bonds. The van der Waals surface area contributed by atoms with Gasteiger partial charge in [0.25, 0.3) is 0 Å². The summed E-state index contributed by atoms with van der Waals surface area (Å²) in [6.45, 7) is 0. The molecule has 0 radical (unpaired) electrons. The molecule has 0 spiro atoms. The standard InChI is InChI=1S/C14H14BrClS/c15-9-13(2-1-11-7-8-17-10-11)12-3-5-14(16)6-4-12/h3-8,10,13H,1-2,9H2. The topological polar surface area (TPSA) is 0 Å². The first-order valence-corrected chi connectivity index (χ1v) is 8.06. The second-order valence-electron chi connectivity index (χ2n) is 4.07. The maximum atomic E-state index is 5.91. The van der Waals surface area contributed by atoms with E-state index in [0.717, 1.165) is 16.8 Å². The second kappa shape index (κ2) is 6.58. The van der Waals surface area contributed by atoms with Crippen LogP contribution in [0.3, 0.4) is 0 Å². The molecule has 0 aliphatic heterocycles. The van der Waals surface area contributed by atoms with E-state index in [4.69, 9.17) is 11.6 Å². The van der Waals surface area contributed by atoms with Gasteiger partial charge >= 0.3 is 0 Å². The van der Waals surface area contributed by atoms with Gasteiger partial charge in [0.05, 0.1) is 0 Å². The molecule has 1 unspecified atom stereocenters. The molecule has 0 aliphatic carbocycles. The van der Waals surface area contributed by atoms with Crippen LogP contribution in [0.5, 0.6) is 0 Å². The molecule has 0 saturated heterocycles.